The number of fused-ring (bicyclic) bond motifs is 1. The molecule has 0 unspecified atom stereocenters. The second-order valence-electron chi connectivity index (χ2n) is 7.08. The number of rotatable bonds is 5. The molecular weight excluding hydrogens is 394 g/mol. The van der Waals surface area contributed by atoms with Crippen LogP contribution in [0.1, 0.15) is 22.8 Å². The van der Waals surface area contributed by atoms with Crippen LogP contribution in [0.25, 0.3) is 21.5 Å². The SMILES string of the molecule is CC(=O)N(C)Cc1cccc(NC(=O)c2cc(-c3cccs3)nc3ccccc23)c1. The molecule has 4 aromatic rings. The molecule has 0 saturated carbocycles. The summed E-state index contributed by atoms with van der Waals surface area (Å²) >= 11 is 1.59. The van der Waals surface area contributed by atoms with Gasteiger partial charge in [0.15, 0.2) is 0 Å². The third-order valence-corrected chi connectivity index (χ3v) is 5.77. The maximum absolute atomic E-state index is 13.2. The van der Waals surface area contributed by atoms with Crippen molar-refractivity contribution in [3.05, 3.63) is 83.2 Å². The van der Waals surface area contributed by atoms with Crippen molar-refractivity contribution in [1.82, 2.24) is 9.88 Å². The van der Waals surface area contributed by atoms with Gasteiger partial charge in [0.25, 0.3) is 5.91 Å². The molecule has 150 valence electrons. The molecule has 0 spiro atoms. The van der Waals surface area contributed by atoms with Gasteiger partial charge in [-0.05, 0) is 41.3 Å². The fourth-order valence-corrected chi connectivity index (χ4v) is 3.93. The Labute approximate surface area is 179 Å². The first-order chi connectivity index (χ1) is 14.5. The maximum Gasteiger partial charge on any atom is 0.256 e. The molecule has 30 heavy (non-hydrogen) atoms. The van der Waals surface area contributed by atoms with Gasteiger partial charge in [0.2, 0.25) is 5.91 Å². The Morgan fingerprint density at radius 3 is 2.63 bits per heavy atom. The van der Waals surface area contributed by atoms with Crippen LogP contribution in [0, 0.1) is 0 Å². The fourth-order valence-electron chi connectivity index (χ4n) is 3.24. The lowest BCUT2D eigenvalue weighted by Gasteiger charge is -2.15. The third kappa shape index (κ3) is 4.23. The Morgan fingerprint density at radius 1 is 1.03 bits per heavy atom. The first-order valence-corrected chi connectivity index (χ1v) is 10.4. The third-order valence-electron chi connectivity index (χ3n) is 4.88. The maximum atomic E-state index is 13.2. The Bertz CT molecular complexity index is 1220. The van der Waals surface area contributed by atoms with E-state index in [0.29, 0.717) is 17.8 Å². The summed E-state index contributed by atoms with van der Waals surface area (Å²) in [5, 5.41) is 5.80. The van der Waals surface area contributed by atoms with E-state index in [4.69, 9.17) is 4.98 Å². The lowest BCUT2D eigenvalue weighted by Crippen LogP contribution is -2.23. The minimum absolute atomic E-state index is 0.00574. The van der Waals surface area contributed by atoms with Gasteiger partial charge in [-0.25, -0.2) is 4.98 Å². The van der Waals surface area contributed by atoms with E-state index in [1.165, 1.54) is 6.92 Å². The van der Waals surface area contributed by atoms with Crippen molar-refractivity contribution < 1.29 is 9.59 Å². The van der Waals surface area contributed by atoms with Gasteiger partial charge in [0.05, 0.1) is 21.7 Å². The first kappa shape index (κ1) is 19.8. The Hall–Kier alpha value is -3.51. The van der Waals surface area contributed by atoms with Crippen LogP contribution in [0.4, 0.5) is 5.69 Å². The summed E-state index contributed by atoms with van der Waals surface area (Å²) in [6.07, 6.45) is 0. The number of carbonyl (C=O) groups excluding carboxylic acids is 2. The summed E-state index contributed by atoms with van der Waals surface area (Å²) < 4.78 is 0. The number of para-hydroxylation sites is 1. The van der Waals surface area contributed by atoms with Gasteiger partial charge in [0, 0.05) is 31.6 Å². The van der Waals surface area contributed by atoms with Crippen molar-refractivity contribution in [2.75, 3.05) is 12.4 Å². The number of pyridine rings is 1. The molecule has 2 aromatic carbocycles. The average molecular weight is 416 g/mol. The fraction of sp³-hybridized carbons (Fsp3) is 0.125. The van der Waals surface area contributed by atoms with Crippen LogP contribution in [0.15, 0.2) is 72.1 Å². The van der Waals surface area contributed by atoms with E-state index in [1.807, 2.05) is 72.1 Å². The summed E-state index contributed by atoms with van der Waals surface area (Å²) in [7, 11) is 1.75. The summed E-state index contributed by atoms with van der Waals surface area (Å²) in [5.74, 6) is -0.197. The summed E-state index contributed by atoms with van der Waals surface area (Å²) in [5.41, 5.74) is 3.78. The molecule has 2 aromatic heterocycles. The zero-order valence-electron chi connectivity index (χ0n) is 16.8. The van der Waals surface area contributed by atoms with Gasteiger partial charge in [-0.1, -0.05) is 36.4 Å². The summed E-state index contributed by atoms with van der Waals surface area (Å²) in [6, 6.07) is 21.0. The number of amides is 2. The van der Waals surface area contributed by atoms with E-state index in [1.54, 1.807) is 23.3 Å². The van der Waals surface area contributed by atoms with E-state index in [2.05, 4.69) is 5.32 Å². The standard InChI is InChI=1S/C24H21N3O2S/c1-16(28)27(2)15-17-7-5-8-18(13-17)25-24(29)20-14-22(23-11-6-12-30-23)26-21-10-4-3-9-19(20)21/h3-14H,15H2,1-2H3,(H,25,29). The number of nitrogens with zero attached hydrogens (tertiary/aromatic N) is 2. The second kappa shape index (κ2) is 8.47. The molecule has 6 heteroatoms. The van der Waals surface area contributed by atoms with E-state index < -0.39 is 0 Å². The number of hydrogen-bond donors (Lipinski definition) is 1. The van der Waals surface area contributed by atoms with Crippen molar-refractivity contribution >= 4 is 39.7 Å². The number of aromatic nitrogens is 1. The summed E-state index contributed by atoms with van der Waals surface area (Å²) in [4.78, 5) is 32.1. The number of nitrogens with one attached hydrogen (secondary N) is 1. The Kier molecular flexibility index (Phi) is 5.59. The molecule has 0 aliphatic carbocycles. The van der Waals surface area contributed by atoms with E-state index >= 15 is 0 Å². The predicted molar refractivity (Wildman–Crippen MR) is 122 cm³/mol. The molecule has 2 heterocycles. The monoisotopic (exact) mass is 415 g/mol. The molecule has 1 N–H and O–H groups in total. The van der Waals surface area contributed by atoms with Gasteiger partial charge in [0.1, 0.15) is 0 Å². The number of benzene rings is 2. The van der Waals surface area contributed by atoms with Crippen LogP contribution in [-0.2, 0) is 11.3 Å². The Balaban J connectivity index is 1.66. The molecule has 2 amide bonds. The van der Waals surface area contributed by atoms with Crippen LogP contribution in [0.3, 0.4) is 0 Å². The van der Waals surface area contributed by atoms with Gasteiger partial charge >= 0.3 is 0 Å². The zero-order chi connectivity index (χ0) is 21.1. The van der Waals surface area contributed by atoms with Crippen LogP contribution in [0.2, 0.25) is 0 Å². The molecule has 0 aliphatic heterocycles. The highest BCUT2D eigenvalue weighted by Gasteiger charge is 2.15. The predicted octanol–water partition coefficient (Wildman–Crippen LogP) is 5.19. The molecule has 0 atom stereocenters. The molecule has 5 nitrogen and oxygen atoms in total. The van der Waals surface area contributed by atoms with Crippen LogP contribution in [-0.4, -0.2) is 28.7 Å². The van der Waals surface area contributed by atoms with Gasteiger partial charge in [-0.3, -0.25) is 9.59 Å². The van der Waals surface area contributed by atoms with Crippen LogP contribution >= 0.6 is 11.3 Å². The largest absolute Gasteiger partial charge is 0.342 e. The average Bonchev–Trinajstić information content (AvgIpc) is 3.28. The number of anilines is 1. The normalized spacial score (nSPS) is 10.7. The van der Waals surface area contributed by atoms with Crippen LogP contribution in [0.5, 0.6) is 0 Å². The Morgan fingerprint density at radius 2 is 1.87 bits per heavy atom. The molecule has 0 aliphatic rings. The highest BCUT2D eigenvalue weighted by atomic mass is 32.1. The number of thiophene rings is 1. The topological polar surface area (TPSA) is 62.3 Å². The van der Waals surface area contributed by atoms with Crippen molar-refractivity contribution in [1.29, 1.82) is 0 Å². The first-order valence-electron chi connectivity index (χ1n) is 9.57. The van der Waals surface area contributed by atoms with E-state index in [-0.39, 0.29) is 11.8 Å². The number of hydrogen-bond acceptors (Lipinski definition) is 4. The minimum Gasteiger partial charge on any atom is -0.342 e. The molecular formula is C24H21N3O2S. The van der Waals surface area contributed by atoms with Crippen molar-refractivity contribution in [3.8, 4) is 10.6 Å². The van der Waals surface area contributed by atoms with E-state index in [0.717, 1.165) is 27.0 Å². The molecule has 0 bridgehead atoms. The van der Waals surface area contributed by atoms with Crippen molar-refractivity contribution in [2.45, 2.75) is 13.5 Å². The van der Waals surface area contributed by atoms with Crippen molar-refractivity contribution in [3.63, 3.8) is 0 Å². The van der Waals surface area contributed by atoms with Crippen molar-refractivity contribution in [2.24, 2.45) is 0 Å². The summed E-state index contributed by atoms with van der Waals surface area (Å²) in [6.45, 7) is 2.02. The quantitative estimate of drug-likeness (QED) is 0.488. The lowest BCUT2D eigenvalue weighted by molar-refractivity contribution is -0.128. The molecule has 0 saturated heterocycles. The van der Waals surface area contributed by atoms with Crippen LogP contribution < -0.4 is 5.32 Å². The highest BCUT2D eigenvalue weighted by Crippen LogP contribution is 2.28. The number of carbonyl (C=O) groups is 2. The smallest absolute Gasteiger partial charge is 0.256 e. The molecule has 0 radical (unpaired) electrons. The minimum atomic E-state index is -0.191. The second-order valence-corrected chi connectivity index (χ2v) is 8.03. The van der Waals surface area contributed by atoms with E-state index in [9.17, 15) is 9.59 Å². The lowest BCUT2D eigenvalue weighted by atomic mass is 10.1. The molecule has 0 fully saturated rings. The van der Waals surface area contributed by atoms with Gasteiger partial charge in [-0.15, -0.1) is 11.3 Å². The highest BCUT2D eigenvalue weighted by molar-refractivity contribution is 7.13. The zero-order valence-corrected chi connectivity index (χ0v) is 17.6. The molecule has 4 rings (SSSR count). The van der Waals surface area contributed by atoms with Gasteiger partial charge < -0.3 is 10.2 Å². The van der Waals surface area contributed by atoms with Gasteiger partial charge in [-0.2, -0.15) is 0 Å².